The zero-order chi connectivity index (χ0) is 18.7. The van der Waals surface area contributed by atoms with Crippen molar-refractivity contribution in [2.24, 2.45) is 0 Å². The van der Waals surface area contributed by atoms with E-state index in [-0.39, 0.29) is 23.0 Å². The van der Waals surface area contributed by atoms with Crippen molar-refractivity contribution in [2.45, 2.75) is 13.0 Å². The molecule has 1 aromatic heterocycles. The summed E-state index contributed by atoms with van der Waals surface area (Å²) in [6.45, 7) is 1.62. The van der Waals surface area contributed by atoms with E-state index in [4.69, 9.17) is 9.26 Å². The smallest absolute Gasteiger partial charge is 0.273 e. The molecule has 1 atom stereocenters. The summed E-state index contributed by atoms with van der Waals surface area (Å²) in [4.78, 5) is 25.0. The van der Waals surface area contributed by atoms with Gasteiger partial charge in [-0.25, -0.2) is 0 Å². The minimum absolute atomic E-state index is 0.0782. The molecule has 0 radical (unpaired) electrons. The van der Waals surface area contributed by atoms with Gasteiger partial charge < -0.3 is 9.26 Å². The Morgan fingerprint density at radius 1 is 1.04 bits per heavy atom. The zero-order valence-electron chi connectivity index (χ0n) is 13.4. The predicted octanol–water partition coefficient (Wildman–Crippen LogP) is 3.36. The van der Waals surface area contributed by atoms with Crippen molar-refractivity contribution in [2.75, 3.05) is 0 Å². The molecule has 0 N–H and O–H groups in total. The first-order chi connectivity index (χ1) is 12.4. The van der Waals surface area contributed by atoms with Gasteiger partial charge >= 0.3 is 0 Å². The van der Waals surface area contributed by atoms with E-state index in [0.717, 1.165) is 0 Å². The lowest BCUT2D eigenvalue weighted by atomic mass is 10.1. The third-order valence-corrected chi connectivity index (χ3v) is 3.43. The number of aromatic nitrogens is 2. The molecular formula is C16H12N4O6. The van der Waals surface area contributed by atoms with Crippen molar-refractivity contribution in [3.05, 3.63) is 86.0 Å². The SMILES string of the molecule is Cc1noc(C(Oc2cccc([N+](=O)[O-])c2)c2cccc([N+](=O)[O-])c2)n1. The zero-order valence-corrected chi connectivity index (χ0v) is 13.4. The number of aryl methyl sites for hydroxylation is 1. The van der Waals surface area contributed by atoms with Crippen LogP contribution in [-0.4, -0.2) is 20.0 Å². The number of nitrogens with zero attached hydrogens (tertiary/aromatic N) is 4. The molecule has 0 aliphatic heterocycles. The van der Waals surface area contributed by atoms with Crippen LogP contribution in [0.25, 0.3) is 0 Å². The van der Waals surface area contributed by atoms with E-state index in [9.17, 15) is 20.2 Å². The molecule has 0 aliphatic carbocycles. The summed E-state index contributed by atoms with van der Waals surface area (Å²) in [6.07, 6.45) is -0.960. The molecule has 0 aliphatic rings. The molecule has 3 aromatic rings. The van der Waals surface area contributed by atoms with Gasteiger partial charge in [0.1, 0.15) is 5.75 Å². The average molecular weight is 356 g/mol. The van der Waals surface area contributed by atoms with E-state index in [0.29, 0.717) is 11.4 Å². The first kappa shape index (κ1) is 17.0. The molecule has 132 valence electrons. The van der Waals surface area contributed by atoms with Crippen molar-refractivity contribution >= 4 is 11.4 Å². The van der Waals surface area contributed by atoms with Crippen molar-refractivity contribution in [1.82, 2.24) is 10.1 Å². The molecule has 0 spiro atoms. The lowest BCUT2D eigenvalue weighted by Crippen LogP contribution is -2.10. The topological polar surface area (TPSA) is 134 Å². The Hall–Kier alpha value is -3.82. The lowest BCUT2D eigenvalue weighted by Gasteiger charge is -2.15. The largest absolute Gasteiger partial charge is 0.476 e. The van der Waals surface area contributed by atoms with E-state index in [1.54, 1.807) is 13.0 Å². The second-order valence-electron chi connectivity index (χ2n) is 5.28. The molecule has 10 nitrogen and oxygen atoms in total. The van der Waals surface area contributed by atoms with Crippen molar-refractivity contribution < 1.29 is 19.1 Å². The quantitative estimate of drug-likeness (QED) is 0.484. The van der Waals surface area contributed by atoms with Crippen LogP contribution in [0.5, 0.6) is 5.75 Å². The third kappa shape index (κ3) is 3.64. The number of rotatable bonds is 6. The fourth-order valence-electron chi connectivity index (χ4n) is 2.29. The molecule has 0 saturated carbocycles. The van der Waals surface area contributed by atoms with Crippen LogP contribution < -0.4 is 4.74 Å². The molecule has 3 rings (SSSR count). The summed E-state index contributed by atoms with van der Waals surface area (Å²) in [5.41, 5.74) is 0.114. The fraction of sp³-hybridized carbons (Fsp3) is 0.125. The Bertz CT molecular complexity index is 971. The monoisotopic (exact) mass is 356 g/mol. The van der Waals surface area contributed by atoms with Crippen molar-refractivity contribution in [3.8, 4) is 5.75 Å². The maximum Gasteiger partial charge on any atom is 0.273 e. The third-order valence-electron chi connectivity index (χ3n) is 3.43. The number of hydrogen-bond acceptors (Lipinski definition) is 8. The summed E-state index contributed by atoms with van der Waals surface area (Å²) in [7, 11) is 0. The summed E-state index contributed by atoms with van der Waals surface area (Å²) < 4.78 is 10.9. The van der Waals surface area contributed by atoms with Crippen LogP contribution in [-0.2, 0) is 0 Å². The van der Waals surface area contributed by atoms with Crippen LogP contribution in [0.4, 0.5) is 11.4 Å². The predicted molar refractivity (Wildman–Crippen MR) is 87.7 cm³/mol. The van der Waals surface area contributed by atoms with Crippen LogP contribution in [0.15, 0.2) is 53.1 Å². The summed E-state index contributed by atoms with van der Waals surface area (Å²) >= 11 is 0. The van der Waals surface area contributed by atoms with E-state index in [1.807, 2.05) is 0 Å². The fourth-order valence-corrected chi connectivity index (χ4v) is 2.29. The van der Waals surface area contributed by atoms with E-state index >= 15 is 0 Å². The molecule has 0 bridgehead atoms. The van der Waals surface area contributed by atoms with Gasteiger partial charge in [0.15, 0.2) is 5.82 Å². The van der Waals surface area contributed by atoms with Gasteiger partial charge in [0.25, 0.3) is 17.3 Å². The summed E-state index contributed by atoms with van der Waals surface area (Å²) in [6, 6.07) is 11.3. The second kappa shape index (κ2) is 6.97. The summed E-state index contributed by atoms with van der Waals surface area (Å²) in [5, 5.41) is 25.7. The highest BCUT2D eigenvalue weighted by Crippen LogP contribution is 2.31. The van der Waals surface area contributed by atoms with Gasteiger partial charge in [0.05, 0.1) is 15.9 Å². The minimum atomic E-state index is -0.960. The second-order valence-corrected chi connectivity index (χ2v) is 5.28. The first-order valence-electron chi connectivity index (χ1n) is 7.39. The van der Waals surface area contributed by atoms with Crippen LogP contribution in [0.3, 0.4) is 0 Å². The van der Waals surface area contributed by atoms with Gasteiger partial charge in [-0.1, -0.05) is 23.4 Å². The minimum Gasteiger partial charge on any atom is -0.476 e. The van der Waals surface area contributed by atoms with Gasteiger partial charge in [-0.15, -0.1) is 0 Å². The molecule has 1 heterocycles. The number of hydrogen-bond donors (Lipinski definition) is 0. The van der Waals surface area contributed by atoms with Crippen molar-refractivity contribution in [3.63, 3.8) is 0 Å². The Labute approximate surface area is 146 Å². The molecule has 26 heavy (non-hydrogen) atoms. The Morgan fingerprint density at radius 2 is 1.69 bits per heavy atom. The Morgan fingerprint density at radius 3 is 2.31 bits per heavy atom. The maximum atomic E-state index is 11.0. The molecule has 0 amide bonds. The van der Waals surface area contributed by atoms with Crippen LogP contribution in [0.2, 0.25) is 0 Å². The van der Waals surface area contributed by atoms with Gasteiger partial charge in [-0.05, 0) is 13.0 Å². The van der Waals surface area contributed by atoms with Gasteiger partial charge in [-0.2, -0.15) is 4.98 Å². The van der Waals surface area contributed by atoms with Gasteiger partial charge in [-0.3, -0.25) is 20.2 Å². The highest BCUT2D eigenvalue weighted by molar-refractivity contribution is 5.40. The number of non-ortho nitro benzene ring substituents is 2. The average Bonchev–Trinajstić information content (AvgIpc) is 3.06. The van der Waals surface area contributed by atoms with Crippen LogP contribution in [0, 0.1) is 27.2 Å². The molecule has 2 aromatic carbocycles. The summed E-state index contributed by atoms with van der Waals surface area (Å²) in [5.74, 6) is 0.624. The van der Waals surface area contributed by atoms with Gasteiger partial charge in [0.2, 0.25) is 6.10 Å². The van der Waals surface area contributed by atoms with Gasteiger partial charge in [0, 0.05) is 23.8 Å². The molecule has 1 unspecified atom stereocenters. The van der Waals surface area contributed by atoms with Crippen LogP contribution in [0.1, 0.15) is 23.4 Å². The molecule has 0 saturated heterocycles. The Kier molecular flexibility index (Phi) is 4.56. The molecular weight excluding hydrogens is 344 g/mol. The Balaban J connectivity index is 2.02. The first-order valence-corrected chi connectivity index (χ1v) is 7.39. The van der Waals surface area contributed by atoms with E-state index in [1.165, 1.54) is 42.5 Å². The number of benzene rings is 2. The number of ether oxygens (including phenoxy) is 1. The molecule has 0 fully saturated rings. The maximum absolute atomic E-state index is 11.0. The lowest BCUT2D eigenvalue weighted by molar-refractivity contribution is -0.385. The standard InChI is InChI=1S/C16H12N4O6/c1-10-17-16(26-18-10)15(11-4-2-5-12(8-11)19(21)22)25-14-7-3-6-13(9-14)20(23)24/h2-9,15H,1H3. The highest BCUT2D eigenvalue weighted by Gasteiger charge is 2.25. The highest BCUT2D eigenvalue weighted by atomic mass is 16.6. The molecule has 10 heteroatoms. The van der Waals surface area contributed by atoms with Crippen LogP contribution >= 0.6 is 0 Å². The van der Waals surface area contributed by atoms with Crippen molar-refractivity contribution in [1.29, 1.82) is 0 Å². The van der Waals surface area contributed by atoms with E-state index in [2.05, 4.69) is 10.1 Å². The van der Waals surface area contributed by atoms with E-state index < -0.39 is 16.0 Å². The number of nitro benzene ring substituents is 2. The number of nitro groups is 2. The normalized spacial score (nSPS) is 11.7.